The molecule has 0 aromatic heterocycles. The number of morpholine rings is 1. The Bertz CT molecular complexity index is 790. The maximum atomic E-state index is 6.09. The first kappa shape index (κ1) is 22.4. The molecule has 0 radical (unpaired) electrons. The van der Waals surface area contributed by atoms with E-state index in [4.69, 9.17) is 21.1 Å². The Morgan fingerprint density at radius 3 is 2.43 bits per heavy atom. The maximum absolute atomic E-state index is 6.09. The Labute approximate surface area is 184 Å². The monoisotopic (exact) mass is 430 g/mol. The number of rotatable bonds is 8. The van der Waals surface area contributed by atoms with Gasteiger partial charge in [0.05, 0.1) is 26.4 Å². The van der Waals surface area contributed by atoms with Crippen LogP contribution in [0, 0.1) is 0 Å². The van der Waals surface area contributed by atoms with Crippen LogP contribution in [0.5, 0.6) is 5.75 Å². The molecule has 2 aromatic carbocycles. The van der Waals surface area contributed by atoms with Gasteiger partial charge in [-0.15, -0.1) is 0 Å². The first-order valence-electron chi connectivity index (χ1n) is 10.3. The first-order valence-corrected chi connectivity index (χ1v) is 10.7. The van der Waals surface area contributed by atoms with Gasteiger partial charge in [-0.3, -0.25) is 9.89 Å². The third-order valence-corrected chi connectivity index (χ3v) is 5.54. The molecule has 162 valence electrons. The highest BCUT2D eigenvalue weighted by Gasteiger charge is 2.22. The molecular formula is C23H31ClN4O2. The van der Waals surface area contributed by atoms with Crippen molar-refractivity contribution in [1.29, 1.82) is 0 Å². The van der Waals surface area contributed by atoms with Crippen molar-refractivity contribution in [2.75, 3.05) is 53.6 Å². The molecule has 30 heavy (non-hydrogen) atoms. The number of hydrogen-bond acceptors (Lipinski definition) is 4. The normalized spacial score (nSPS) is 16.2. The van der Waals surface area contributed by atoms with E-state index in [0.29, 0.717) is 0 Å². The number of aliphatic imine (C=N–C) groups is 1. The highest BCUT2D eigenvalue weighted by Crippen LogP contribution is 2.23. The predicted molar refractivity (Wildman–Crippen MR) is 123 cm³/mol. The van der Waals surface area contributed by atoms with Crippen LogP contribution in [0.2, 0.25) is 5.02 Å². The Morgan fingerprint density at radius 1 is 1.10 bits per heavy atom. The Kier molecular flexibility index (Phi) is 8.81. The number of ether oxygens (including phenoxy) is 2. The van der Waals surface area contributed by atoms with E-state index < -0.39 is 0 Å². The van der Waals surface area contributed by atoms with Crippen molar-refractivity contribution in [2.24, 2.45) is 4.99 Å². The van der Waals surface area contributed by atoms with E-state index in [-0.39, 0.29) is 6.04 Å². The Balaban J connectivity index is 1.54. The fraction of sp³-hybridized carbons (Fsp3) is 0.435. The average Bonchev–Trinajstić information content (AvgIpc) is 2.80. The second-order valence-electron chi connectivity index (χ2n) is 7.19. The van der Waals surface area contributed by atoms with Crippen LogP contribution in [0.25, 0.3) is 0 Å². The standard InChI is InChI=1S/C23H31ClN4O2/c1-25-23(26-12-11-18-3-9-21(29-2)10-4-18)27-17-22(28-13-15-30-16-14-28)19-5-7-20(24)8-6-19/h3-10,22H,11-17H2,1-2H3,(H2,25,26,27). The zero-order valence-corrected chi connectivity index (χ0v) is 18.5. The van der Waals surface area contributed by atoms with Gasteiger partial charge in [0.15, 0.2) is 5.96 Å². The van der Waals surface area contributed by atoms with E-state index in [0.717, 1.165) is 62.5 Å². The van der Waals surface area contributed by atoms with Gasteiger partial charge in [0.1, 0.15) is 5.75 Å². The largest absolute Gasteiger partial charge is 0.497 e. The smallest absolute Gasteiger partial charge is 0.191 e. The lowest BCUT2D eigenvalue weighted by Crippen LogP contribution is -2.46. The van der Waals surface area contributed by atoms with Gasteiger partial charge in [0.25, 0.3) is 0 Å². The van der Waals surface area contributed by atoms with E-state index >= 15 is 0 Å². The molecule has 0 amide bonds. The van der Waals surface area contributed by atoms with Crippen molar-refractivity contribution in [1.82, 2.24) is 15.5 Å². The summed E-state index contributed by atoms with van der Waals surface area (Å²) >= 11 is 6.09. The lowest BCUT2D eigenvalue weighted by molar-refractivity contribution is 0.0170. The molecule has 6 nitrogen and oxygen atoms in total. The summed E-state index contributed by atoms with van der Waals surface area (Å²) in [7, 11) is 3.48. The summed E-state index contributed by atoms with van der Waals surface area (Å²) in [5.41, 5.74) is 2.49. The highest BCUT2D eigenvalue weighted by atomic mass is 35.5. The number of hydrogen-bond donors (Lipinski definition) is 2. The molecule has 0 aliphatic carbocycles. The highest BCUT2D eigenvalue weighted by molar-refractivity contribution is 6.30. The van der Waals surface area contributed by atoms with Crippen molar-refractivity contribution >= 4 is 17.6 Å². The first-order chi connectivity index (χ1) is 14.7. The molecule has 0 spiro atoms. The maximum Gasteiger partial charge on any atom is 0.191 e. The minimum atomic E-state index is 0.228. The van der Waals surface area contributed by atoms with Crippen molar-refractivity contribution in [2.45, 2.75) is 12.5 Å². The molecule has 2 aromatic rings. The van der Waals surface area contributed by atoms with Crippen LogP contribution >= 0.6 is 11.6 Å². The number of guanidine groups is 1. The molecule has 0 bridgehead atoms. The SMILES string of the molecule is CN=C(NCCc1ccc(OC)cc1)NCC(c1ccc(Cl)cc1)N1CCOCC1. The fourth-order valence-electron chi connectivity index (χ4n) is 3.56. The molecule has 2 N–H and O–H groups in total. The van der Waals surface area contributed by atoms with Crippen LogP contribution in [0.4, 0.5) is 0 Å². The summed E-state index contributed by atoms with van der Waals surface area (Å²) in [5, 5.41) is 7.65. The second-order valence-corrected chi connectivity index (χ2v) is 7.63. The van der Waals surface area contributed by atoms with Gasteiger partial charge in [-0.2, -0.15) is 0 Å². The lowest BCUT2D eigenvalue weighted by Gasteiger charge is -2.35. The molecule has 1 heterocycles. The van der Waals surface area contributed by atoms with E-state index in [2.05, 4.69) is 44.8 Å². The Morgan fingerprint density at radius 2 is 1.80 bits per heavy atom. The number of halogens is 1. The summed E-state index contributed by atoms with van der Waals surface area (Å²) in [5.74, 6) is 1.68. The zero-order chi connectivity index (χ0) is 21.2. The molecule has 1 atom stereocenters. The molecule has 1 aliphatic rings. The van der Waals surface area contributed by atoms with Crippen molar-refractivity contribution in [3.05, 3.63) is 64.7 Å². The third-order valence-electron chi connectivity index (χ3n) is 5.29. The van der Waals surface area contributed by atoms with Crippen LogP contribution in [-0.2, 0) is 11.2 Å². The quantitative estimate of drug-likeness (QED) is 0.497. The third kappa shape index (κ3) is 6.62. The molecule has 0 saturated carbocycles. The molecule has 1 unspecified atom stereocenters. The van der Waals surface area contributed by atoms with Crippen molar-refractivity contribution < 1.29 is 9.47 Å². The number of methoxy groups -OCH3 is 1. The zero-order valence-electron chi connectivity index (χ0n) is 17.7. The second kappa shape index (κ2) is 11.8. The average molecular weight is 431 g/mol. The van der Waals surface area contributed by atoms with Crippen LogP contribution in [0.1, 0.15) is 17.2 Å². The van der Waals surface area contributed by atoms with E-state index in [1.54, 1.807) is 14.2 Å². The minimum absolute atomic E-state index is 0.228. The summed E-state index contributed by atoms with van der Waals surface area (Å²) in [4.78, 5) is 6.83. The topological polar surface area (TPSA) is 58.1 Å². The van der Waals surface area contributed by atoms with Gasteiger partial charge in [-0.05, 0) is 41.8 Å². The molecule has 1 aliphatic heterocycles. The summed E-state index contributed by atoms with van der Waals surface area (Å²) in [6.45, 7) is 4.91. The summed E-state index contributed by atoms with van der Waals surface area (Å²) in [6.07, 6.45) is 0.911. The summed E-state index contributed by atoms with van der Waals surface area (Å²) < 4.78 is 10.7. The van der Waals surface area contributed by atoms with Crippen LogP contribution in [-0.4, -0.2) is 64.4 Å². The molecule has 7 heteroatoms. The van der Waals surface area contributed by atoms with Gasteiger partial charge in [-0.25, -0.2) is 0 Å². The van der Waals surface area contributed by atoms with Crippen molar-refractivity contribution in [3.8, 4) is 5.75 Å². The van der Waals surface area contributed by atoms with Gasteiger partial charge >= 0.3 is 0 Å². The van der Waals surface area contributed by atoms with Crippen LogP contribution in [0.15, 0.2) is 53.5 Å². The van der Waals surface area contributed by atoms with Gasteiger partial charge < -0.3 is 20.1 Å². The summed E-state index contributed by atoms with van der Waals surface area (Å²) in [6, 6.07) is 16.5. The van der Waals surface area contributed by atoms with Gasteiger partial charge in [0.2, 0.25) is 0 Å². The number of nitrogens with one attached hydrogen (secondary N) is 2. The van der Waals surface area contributed by atoms with E-state index in [9.17, 15) is 0 Å². The van der Waals surface area contributed by atoms with Crippen LogP contribution in [0.3, 0.4) is 0 Å². The minimum Gasteiger partial charge on any atom is -0.497 e. The Hall–Kier alpha value is -2.28. The molecule has 1 fully saturated rings. The molecule has 1 saturated heterocycles. The van der Waals surface area contributed by atoms with E-state index in [1.807, 2.05) is 24.3 Å². The van der Waals surface area contributed by atoms with Gasteiger partial charge in [0, 0.05) is 38.2 Å². The lowest BCUT2D eigenvalue weighted by atomic mass is 10.0. The van der Waals surface area contributed by atoms with Crippen molar-refractivity contribution in [3.63, 3.8) is 0 Å². The molecule has 3 rings (SSSR count). The number of benzene rings is 2. The predicted octanol–water partition coefficient (Wildman–Crippen LogP) is 3.13. The van der Waals surface area contributed by atoms with E-state index in [1.165, 1.54) is 11.1 Å². The van der Waals surface area contributed by atoms with Gasteiger partial charge in [-0.1, -0.05) is 35.9 Å². The van der Waals surface area contributed by atoms with Crippen LogP contribution < -0.4 is 15.4 Å². The molecular weight excluding hydrogens is 400 g/mol. The fourth-order valence-corrected chi connectivity index (χ4v) is 3.69. The number of nitrogens with zero attached hydrogens (tertiary/aromatic N) is 2.